The number of nitrogens with one attached hydrogen (secondary N) is 2. The molecule has 0 unspecified atom stereocenters. The van der Waals surface area contributed by atoms with Gasteiger partial charge in [-0.15, -0.1) is 0 Å². The van der Waals surface area contributed by atoms with Crippen molar-refractivity contribution in [3.63, 3.8) is 0 Å². The Labute approximate surface area is 65.0 Å². The Morgan fingerprint density at radius 2 is 1.92 bits per heavy atom. The highest BCUT2D eigenvalue weighted by Crippen LogP contribution is 2.07. The van der Waals surface area contributed by atoms with Crippen molar-refractivity contribution in [2.75, 3.05) is 0 Å². The number of hydrogen-bond donors (Lipinski definition) is 3. The highest BCUT2D eigenvalue weighted by molar-refractivity contribution is 6.14. The lowest BCUT2D eigenvalue weighted by molar-refractivity contribution is -0.134. The van der Waals surface area contributed by atoms with Gasteiger partial charge in [0.15, 0.2) is 5.70 Å². The van der Waals surface area contributed by atoms with Crippen LogP contribution in [0.1, 0.15) is 0 Å². The molecule has 1 saturated heterocycles. The fourth-order valence-electron chi connectivity index (χ4n) is 0.629. The van der Waals surface area contributed by atoms with Crippen molar-refractivity contribution in [1.29, 1.82) is 0 Å². The molecule has 6 nitrogen and oxygen atoms in total. The minimum absolute atomic E-state index is 0.868. The van der Waals surface area contributed by atoms with E-state index >= 15 is 0 Å². The number of carboxylic acid groups (broad SMARTS) is 1. The second-order valence-electron chi connectivity index (χ2n) is 1.90. The van der Waals surface area contributed by atoms with Crippen LogP contribution >= 0.6 is 0 Å². The fourth-order valence-corrected chi connectivity index (χ4v) is 0.629. The summed E-state index contributed by atoms with van der Waals surface area (Å²) >= 11 is 0. The summed E-state index contributed by atoms with van der Waals surface area (Å²) in [5, 5.41) is 11.4. The van der Waals surface area contributed by atoms with Crippen molar-refractivity contribution in [1.82, 2.24) is 10.6 Å². The summed E-state index contributed by atoms with van der Waals surface area (Å²) in [7, 11) is 0. The molecule has 0 aromatic carbocycles. The molecule has 0 aromatic heterocycles. The zero-order chi connectivity index (χ0) is 9.30. The number of urea groups is 1. The van der Waals surface area contributed by atoms with Crippen LogP contribution in [0.25, 0.3) is 0 Å². The Morgan fingerprint density at radius 3 is 2.25 bits per heavy atom. The first kappa shape index (κ1) is 8.18. The Morgan fingerprint density at radius 1 is 1.33 bits per heavy atom. The van der Waals surface area contributed by atoms with Gasteiger partial charge in [0, 0.05) is 0 Å². The van der Waals surface area contributed by atoms with E-state index in [2.05, 4.69) is 0 Å². The van der Waals surface area contributed by atoms with Crippen LogP contribution in [0.4, 0.5) is 9.18 Å². The lowest BCUT2D eigenvalue weighted by Gasteiger charge is -1.92. The normalized spacial score (nSPS) is 20.1. The monoisotopic (exact) mass is 174 g/mol. The van der Waals surface area contributed by atoms with Gasteiger partial charge in [0.25, 0.3) is 5.91 Å². The number of rotatable bonds is 1. The van der Waals surface area contributed by atoms with Crippen LogP contribution in [0.5, 0.6) is 0 Å². The second kappa shape index (κ2) is 2.61. The van der Waals surface area contributed by atoms with Crippen LogP contribution in [-0.2, 0) is 9.59 Å². The Hall–Kier alpha value is -1.92. The third kappa shape index (κ3) is 1.24. The van der Waals surface area contributed by atoms with Crippen LogP contribution < -0.4 is 10.6 Å². The molecule has 7 heteroatoms. The van der Waals surface area contributed by atoms with Crippen molar-refractivity contribution in [3.05, 3.63) is 11.5 Å². The van der Waals surface area contributed by atoms with Gasteiger partial charge in [0.05, 0.1) is 0 Å². The van der Waals surface area contributed by atoms with E-state index in [0.29, 0.717) is 0 Å². The molecule has 0 saturated carbocycles. The summed E-state index contributed by atoms with van der Waals surface area (Å²) in [4.78, 5) is 30.9. The molecule has 0 aromatic rings. The highest BCUT2D eigenvalue weighted by atomic mass is 19.1. The van der Waals surface area contributed by atoms with Gasteiger partial charge >= 0.3 is 12.0 Å². The highest BCUT2D eigenvalue weighted by Gasteiger charge is 2.29. The minimum Gasteiger partial charge on any atom is -0.476 e. The molecule has 3 amide bonds. The van der Waals surface area contributed by atoms with Gasteiger partial charge in [-0.3, -0.25) is 10.1 Å². The summed E-state index contributed by atoms with van der Waals surface area (Å²) in [5.74, 6) is -4.67. The van der Waals surface area contributed by atoms with Crippen LogP contribution in [0.15, 0.2) is 11.5 Å². The zero-order valence-electron chi connectivity index (χ0n) is 5.55. The maximum Gasteiger partial charge on any atom is 0.367 e. The maximum absolute atomic E-state index is 12.5. The molecule has 0 spiro atoms. The number of imide groups is 1. The molecule has 1 heterocycles. The lowest BCUT2D eigenvalue weighted by atomic mass is 10.4. The molecule has 12 heavy (non-hydrogen) atoms. The average molecular weight is 174 g/mol. The summed E-state index contributed by atoms with van der Waals surface area (Å²) < 4.78 is 12.5. The summed E-state index contributed by atoms with van der Waals surface area (Å²) in [6.45, 7) is 0. The standard InChI is InChI=1S/C5H3FN2O4/c6-1(4(10)11)2-3(9)8-5(12)7-2/h(H,10,11)(H2,7,8,9,12)/b2-1+. The number of carboxylic acids is 1. The van der Waals surface area contributed by atoms with Crippen molar-refractivity contribution < 1.29 is 23.9 Å². The molecule has 0 aliphatic carbocycles. The Bertz CT molecular complexity index is 309. The molecule has 3 N–H and O–H groups in total. The van der Waals surface area contributed by atoms with E-state index in [9.17, 15) is 18.8 Å². The van der Waals surface area contributed by atoms with Gasteiger partial charge in [-0.25, -0.2) is 9.59 Å². The number of aliphatic carboxylic acids is 1. The van der Waals surface area contributed by atoms with Gasteiger partial charge in [0.1, 0.15) is 0 Å². The Kier molecular flexibility index (Phi) is 1.78. The minimum atomic E-state index is -1.90. The first-order chi connectivity index (χ1) is 5.52. The molecule has 1 aliphatic rings. The van der Waals surface area contributed by atoms with Crippen molar-refractivity contribution in [3.8, 4) is 0 Å². The van der Waals surface area contributed by atoms with Crippen LogP contribution in [-0.4, -0.2) is 23.0 Å². The van der Waals surface area contributed by atoms with Crippen LogP contribution in [0, 0.1) is 0 Å². The Balaban J connectivity index is 3.03. The first-order valence-corrected chi connectivity index (χ1v) is 2.77. The van der Waals surface area contributed by atoms with Gasteiger partial charge < -0.3 is 10.4 Å². The van der Waals surface area contributed by atoms with Gasteiger partial charge in [-0.2, -0.15) is 4.39 Å². The molecular weight excluding hydrogens is 171 g/mol. The van der Waals surface area contributed by atoms with Crippen molar-refractivity contribution in [2.24, 2.45) is 0 Å². The number of carbonyl (C=O) groups excluding carboxylic acids is 2. The first-order valence-electron chi connectivity index (χ1n) is 2.77. The van der Waals surface area contributed by atoms with Gasteiger partial charge in [-0.05, 0) is 0 Å². The van der Waals surface area contributed by atoms with Gasteiger partial charge in [-0.1, -0.05) is 0 Å². The fraction of sp³-hybridized carbons (Fsp3) is 0. The zero-order valence-corrected chi connectivity index (χ0v) is 5.55. The number of hydrogen-bond acceptors (Lipinski definition) is 3. The lowest BCUT2D eigenvalue weighted by Crippen LogP contribution is -2.22. The SMILES string of the molecule is O=C1NC(=O)/C(=C(\F)C(=O)O)N1. The average Bonchev–Trinajstić information content (AvgIpc) is 2.28. The topological polar surface area (TPSA) is 95.5 Å². The largest absolute Gasteiger partial charge is 0.476 e. The van der Waals surface area contributed by atoms with Crippen LogP contribution in [0.3, 0.4) is 0 Å². The van der Waals surface area contributed by atoms with E-state index in [0.717, 1.165) is 0 Å². The predicted octanol–water partition coefficient (Wildman–Crippen LogP) is -0.909. The molecule has 0 atom stereocenters. The molecule has 0 radical (unpaired) electrons. The third-order valence-corrected chi connectivity index (χ3v) is 1.10. The number of carbonyl (C=O) groups is 3. The maximum atomic E-state index is 12.5. The third-order valence-electron chi connectivity index (χ3n) is 1.10. The number of halogens is 1. The number of amides is 3. The van der Waals surface area contributed by atoms with Crippen LogP contribution in [0.2, 0.25) is 0 Å². The predicted molar refractivity (Wildman–Crippen MR) is 32.4 cm³/mol. The summed E-state index contributed by atoms with van der Waals surface area (Å²) in [6, 6.07) is -0.939. The van der Waals surface area contributed by atoms with Crippen molar-refractivity contribution >= 4 is 17.9 Å². The van der Waals surface area contributed by atoms with E-state index in [1.807, 2.05) is 0 Å². The second-order valence-corrected chi connectivity index (χ2v) is 1.90. The molecule has 0 bridgehead atoms. The summed E-state index contributed by atoms with van der Waals surface area (Å²) in [5.41, 5.74) is -0.868. The van der Waals surface area contributed by atoms with E-state index in [1.54, 1.807) is 10.6 Å². The van der Waals surface area contributed by atoms with E-state index in [4.69, 9.17) is 5.11 Å². The quantitative estimate of drug-likeness (QED) is 0.354. The summed E-state index contributed by atoms with van der Waals surface area (Å²) in [6.07, 6.45) is 0. The smallest absolute Gasteiger partial charge is 0.367 e. The van der Waals surface area contributed by atoms with Gasteiger partial charge in [0.2, 0.25) is 5.83 Å². The molecular formula is C5H3FN2O4. The molecule has 1 rings (SSSR count). The molecule has 64 valence electrons. The van der Waals surface area contributed by atoms with E-state index in [1.165, 1.54) is 0 Å². The molecule has 1 fully saturated rings. The molecule has 1 aliphatic heterocycles. The van der Waals surface area contributed by atoms with E-state index < -0.39 is 29.4 Å². The van der Waals surface area contributed by atoms with Crippen molar-refractivity contribution in [2.45, 2.75) is 0 Å². The van der Waals surface area contributed by atoms with E-state index in [-0.39, 0.29) is 0 Å².